The van der Waals surface area contributed by atoms with Crippen LogP contribution in [0, 0.1) is 5.92 Å². The van der Waals surface area contributed by atoms with E-state index >= 15 is 0 Å². The number of carbonyl (C=O) groups is 1. The number of primary amides is 1. The molecule has 0 aromatic rings. The standard InChI is InChI=1S/C13H27N3O3S/c1-4-7-15-13(12(14)17,11-5-6-11)10-16(2)8-9-20(3,18)19/h11,15H,4-10H2,1-3H3,(H2,14,17). The Bertz CT molecular complexity index is 434. The van der Waals surface area contributed by atoms with Gasteiger partial charge in [0, 0.05) is 19.3 Å². The summed E-state index contributed by atoms with van der Waals surface area (Å²) in [5, 5.41) is 3.31. The van der Waals surface area contributed by atoms with Gasteiger partial charge in [0.05, 0.1) is 5.75 Å². The zero-order chi connectivity index (χ0) is 15.4. The van der Waals surface area contributed by atoms with Crippen molar-refractivity contribution in [3.05, 3.63) is 0 Å². The van der Waals surface area contributed by atoms with Gasteiger partial charge in [-0.05, 0) is 38.8 Å². The van der Waals surface area contributed by atoms with Gasteiger partial charge in [0.1, 0.15) is 15.4 Å². The first-order valence-electron chi connectivity index (χ1n) is 7.12. The molecule has 0 aliphatic heterocycles. The van der Waals surface area contributed by atoms with Crippen molar-refractivity contribution in [2.45, 2.75) is 31.7 Å². The van der Waals surface area contributed by atoms with E-state index < -0.39 is 15.4 Å². The summed E-state index contributed by atoms with van der Waals surface area (Å²) >= 11 is 0. The minimum absolute atomic E-state index is 0.0940. The molecule has 0 saturated heterocycles. The first-order valence-corrected chi connectivity index (χ1v) is 9.18. The molecule has 1 amide bonds. The van der Waals surface area contributed by atoms with Gasteiger partial charge >= 0.3 is 0 Å². The van der Waals surface area contributed by atoms with E-state index in [2.05, 4.69) is 5.32 Å². The number of sulfone groups is 1. The number of hydrogen-bond acceptors (Lipinski definition) is 5. The molecule has 0 radical (unpaired) electrons. The maximum absolute atomic E-state index is 12.0. The molecule has 1 rings (SSSR count). The summed E-state index contributed by atoms with van der Waals surface area (Å²) in [7, 11) is -1.16. The monoisotopic (exact) mass is 305 g/mol. The molecule has 118 valence electrons. The Hall–Kier alpha value is -0.660. The van der Waals surface area contributed by atoms with Crippen LogP contribution < -0.4 is 11.1 Å². The maximum atomic E-state index is 12.0. The Morgan fingerprint density at radius 2 is 2.05 bits per heavy atom. The summed E-state index contributed by atoms with van der Waals surface area (Å²) in [5.74, 6) is 0.0310. The van der Waals surface area contributed by atoms with Crippen LogP contribution in [0.3, 0.4) is 0 Å². The van der Waals surface area contributed by atoms with Gasteiger partial charge in [-0.1, -0.05) is 6.92 Å². The lowest BCUT2D eigenvalue weighted by Crippen LogP contribution is -2.63. The summed E-state index contributed by atoms with van der Waals surface area (Å²) in [6, 6.07) is 0. The molecular formula is C13H27N3O3S. The Morgan fingerprint density at radius 3 is 2.45 bits per heavy atom. The third-order valence-corrected chi connectivity index (χ3v) is 4.69. The van der Waals surface area contributed by atoms with Crippen LogP contribution in [0.2, 0.25) is 0 Å². The molecule has 1 atom stereocenters. The molecule has 0 aromatic heterocycles. The molecule has 0 spiro atoms. The van der Waals surface area contributed by atoms with Crippen LogP contribution >= 0.6 is 0 Å². The van der Waals surface area contributed by atoms with E-state index in [-0.39, 0.29) is 17.6 Å². The Morgan fingerprint density at radius 1 is 1.45 bits per heavy atom. The third kappa shape index (κ3) is 5.03. The highest BCUT2D eigenvalue weighted by Gasteiger charge is 2.49. The number of hydrogen-bond donors (Lipinski definition) is 2. The molecule has 3 N–H and O–H groups in total. The van der Waals surface area contributed by atoms with Gasteiger partial charge in [0.2, 0.25) is 5.91 Å². The fourth-order valence-electron chi connectivity index (χ4n) is 2.45. The van der Waals surface area contributed by atoms with Gasteiger partial charge in [-0.2, -0.15) is 0 Å². The Balaban J connectivity index is 2.70. The van der Waals surface area contributed by atoms with Gasteiger partial charge < -0.3 is 16.0 Å². The van der Waals surface area contributed by atoms with Crippen molar-refractivity contribution >= 4 is 15.7 Å². The molecule has 0 bridgehead atoms. The second-order valence-corrected chi connectivity index (χ2v) is 8.16. The number of carbonyl (C=O) groups excluding carboxylic acids is 1. The first-order chi connectivity index (χ1) is 9.21. The fourth-order valence-corrected chi connectivity index (χ4v) is 3.09. The van der Waals surface area contributed by atoms with Crippen LogP contribution in [0.4, 0.5) is 0 Å². The number of nitrogens with zero attached hydrogens (tertiary/aromatic N) is 1. The molecule has 0 heterocycles. The van der Waals surface area contributed by atoms with Crippen molar-refractivity contribution in [3.63, 3.8) is 0 Å². The molecular weight excluding hydrogens is 278 g/mol. The fraction of sp³-hybridized carbons (Fsp3) is 0.923. The highest BCUT2D eigenvalue weighted by Crippen LogP contribution is 2.40. The van der Waals surface area contributed by atoms with Crippen molar-refractivity contribution in [2.24, 2.45) is 11.7 Å². The maximum Gasteiger partial charge on any atom is 0.239 e. The molecule has 6 nitrogen and oxygen atoms in total. The molecule has 1 fully saturated rings. The van der Waals surface area contributed by atoms with Crippen molar-refractivity contribution < 1.29 is 13.2 Å². The minimum Gasteiger partial charge on any atom is -0.368 e. The summed E-state index contributed by atoms with van der Waals surface area (Å²) in [5.41, 5.74) is 4.92. The van der Waals surface area contributed by atoms with E-state index in [9.17, 15) is 13.2 Å². The van der Waals surface area contributed by atoms with Crippen molar-refractivity contribution in [1.82, 2.24) is 10.2 Å². The molecule has 0 aromatic carbocycles. The van der Waals surface area contributed by atoms with Crippen LogP contribution in [-0.4, -0.2) is 63.5 Å². The highest BCUT2D eigenvalue weighted by molar-refractivity contribution is 7.90. The van der Waals surface area contributed by atoms with Gasteiger partial charge in [-0.15, -0.1) is 0 Å². The van der Waals surface area contributed by atoms with E-state index in [4.69, 9.17) is 5.73 Å². The van der Waals surface area contributed by atoms with Crippen molar-refractivity contribution in [3.8, 4) is 0 Å². The van der Waals surface area contributed by atoms with E-state index in [1.165, 1.54) is 6.26 Å². The van der Waals surface area contributed by atoms with Crippen LogP contribution in [-0.2, 0) is 14.6 Å². The zero-order valence-corrected chi connectivity index (χ0v) is 13.5. The lowest BCUT2D eigenvalue weighted by atomic mass is 9.91. The topological polar surface area (TPSA) is 92.5 Å². The van der Waals surface area contributed by atoms with Crippen LogP contribution in [0.15, 0.2) is 0 Å². The van der Waals surface area contributed by atoms with E-state index in [1.807, 2.05) is 18.9 Å². The number of amides is 1. The van der Waals surface area contributed by atoms with Crippen LogP contribution in [0.5, 0.6) is 0 Å². The van der Waals surface area contributed by atoms with Gasteiger partial charge in [0.15, 0.2) is 0 Å². The third-order valence-electron chi connectivity index (χ3n) is 3.77. The Kier molecular flexibility index (Phi) is 5.97. The minimum atomic E-state index is -2.99. The smallest absolute Gasteiger partial charge is 0.239 e. The van der Waals surface area contributed by atoms with Gasteiger partial charge in [-0.3, -0.25) is 4.79 Å². The predicted octanol–water partition coefficient (Wildman–Crippen LogP) is -0.403. The average molecular weight is 305 g/mol. The lowest BCUT2D eigenvalue weighted by Gasteiger charge is -2.35. The first kappa shape index (κ1) is 17.4. The van der Waals surface area contributed by atoms with Crippen molar-refractivity contribution in [1.29, 1.82) is 0 Å². The molecule has 1 aliphatic carbocycles. The lowest BCUT2D eigenvalue weighted by molar-refractivity contribution is -0.126. The highest BCUT2D eigenvalue weighted by atomic mass is 32.2. The molecule has 1 unspecified atom stereocenters. The quantitative estimate of drug-likeness (QED) is 0.573. The number of nitrogens with two attached hydrogens (primary N) is 1. The van der Waals surface area contributed by atoms with Gasteiger partial charge in [0.25, 0.3) is 0 Å². The number of nitrogens with one attached hydrogen (secondary N) is 1. The molecule has 7 heteroatoms. The summed E-state index contributed by atoms with van der Waals surface area (Å²) in [4.78, 5) is 13.8. The number of likely N-dealkylation sites (N-methyl/N-ethyl adjacent to an activating group) is 1. The average Bonchev–Trinajstić information content (AvgIpc) is 3.15. The normalized spacial score (nSPS) is 19.0. The zero-order valence-electron chi connectivity index (χ0n) is 12.7. The van der Waals surface area contributed by atoms with Crippen LogP contribution in [0.25, 0.3) is 0 Å². The Labute approximate surface area is 122 Å². The molecule has 20 heavy (non-hydrogen) atoms. The summed E-state index contributed by atoms with van der Waals surface area (Å²) in [6.07, 6.45) is 4.15. The molecule has 1 saturated carbocycles. The number of rotatable bonds is 10. The van der Waals surface area contributed by atoms with Crippen molar-refractivity contribution in [2.75, 3.05) is 38.7 Å². The second kappa shape index (κ2) is 6.87. The summed E-state index contributed by atoms with van der Waals surface area (Å²) in [6.45, 7) is 3.65. The molecule has 1 aliphatic rings. The van der Waals surface area contributed by atoms with Gasteiger partial charge in [-0.25, -0.2) is 8.42 Å². The van der Waals surface area contributed by atoms with Crippen LogP contribution in [0.1, 0.15) is 26.2 Å². The summed E-state index contributed by atoms with van der Waals surface area (Å²) < 4.78 is 22.4. The second-order valence-electron chi connectivity index (χ2n) is 5.90. The van der Waals surface area contributed by atoms with E-state index in [1.54, 1.807) is 0 Å². The predicted molar refractivity (Wildman–Crippen MR) is 80.2 cm³/mol. The van der Waals surface area contributed by atoms with E-state index in [0.29, 0.717) is 13.1 Å². The largest absolute Gasteiger partial charge is 0.368 e. The SMILES string of the molecule is CCCNC(CN(C)CCS(C)(=O)=O)(C(N)=O)C1CC1. The van der Waals surface area contributed by atoms with E-state index in [0.717, 1.165) is 25.8 Å².